The molecular weight excluding hydrogens is 1040 g/mol. The fourth-order valence-electron chi connectivity index (χ4n) is 9.44. The molecule has 7 heteroatoms. The second kappa shape index (κ2) is 18.8. The van der Waals surface area contributed by atoms with Gasteiger partial charge in [-0.25, -0.2) is 4.98 Å². The molecule has 0 N–H and O–H groups in total. The molecule has 8 aromatic carbocycles. The molecule has 0 unspecified atom stereocenters. The van der Waals surface area contributed by atoms with Gasteiger partial charge in [-0.05, 0) is 97.7 Å². The number of imidazole rings is 1. The van der Waals surface area contributed by atoms with E-state index in [1.54, 1.807) is 6.33 Å². The molecule has 0 saturated carbocycles. The van der Waals surface area contributed by atoms with Crippen molar-refractivity contribution < 1.29 is 24.5 Å². The Hall–Kier alpha value is -6.50. The van der Waals surface area contributed by atoms with E-state index in [-0.39, 0.29) is 37.4 Å². The molecule has 3 aromatic heterocycles. The van der Waals surface area contributed by atoms with Crippen LogP contribution in [-0.2, 0) is 25.5 Å². The average molecular weight is 1100 g/mol. The van der Waals surface area contributed by atoms with Crippen molar-refractivity contribution in [1.82, 2.24) is 19.5 Å². The number of rotatable bonds is 7. The SMILES string of the molecule is CC(C)(C)c1cc(-c2[c-]cccc2)ncn1.CC(C)c1cc(-c2ccccc2)cc(C(C)C)c1-n1c(-c2[c-]ccc3c2oc2cc4c(ccc5cc([Si](C)(C)C)ccc54)cc23)nc2ccccc21.[Ir]. The monoisotopic (exact) mass is 1100 g/mol. The number of hydrogen-bond acceptors (Lipinski definition) is 4. The molecule has 0 aliphatic rings. The smallest absolute Gasteiger partial charge is 0.121 e. The van der Waals surface area contributed by atoms with E-state index >= 15 is 0 Å². The maximum atomic E-state index is 6.91. The molecule has 0 fully saturated rings. The van der Waals surface area contributed by atoms with Gasteiger partial charge in [0.15, 0.2) is 0 Å². The van der Waals surface area contributed by atoms with Gasteiger partial charge in [0.2, 0.25) is 0 Å². The van der Waals surface area contributed by atoms with Gasteiger partial charge in [0.05, 0.1) is 30.5 Å². The van der Waals surface area contributed by atoms with Gasteiger partial charge in [-0.3, -0.25) is 9.97 Å². The Kier molecular flexibility index (Phi) is 12.9. The van der Waals surface area contributed by atoms with Crippen molar-refractivity contribution in [3.63, 3.8) is 0 Å². The molecule has 0 saturated heterocycles. The second-order valence-corrected chi connectivity index (χ2v) is 25.8. The maximum Gasteiger partial charge on any atom is 0.121 e. The minimum atomic E-state index is -1.43. The van der Waals surface area contributed by atoms with Crippen LogP contribution in [0.15, 0.2) is 162 Å². The van der Waals surface area contributed by atoms with Crippen molar-refractivity contribution in [3.05, 3.63) is 187 Å². The van der Waals surface area contributed by atoms with Crippen LogP contribution in [0.1, 0.15) is 77.1 Å². The Bertz CT molecular complexity index is 3620. The molecule has 347 valence electrons. The van der Waals surface area contributed by atoms with Crippen LogP contribution in [0, 0.1) is 12.1 Å². The minimum Gasteiger partial charge on any atom is -0.501 e. The molecule has 3 heterocycles. The molecule has 5 nitrogen and oxygen atoms in total. The summed E-state index contributed by atoms with van der Waals surface area (Å²) in [4.78, 5) is 14.0. The van der Waals surface area contributed by atoms with Gasteiger partial charge in [-0.15, -0.1) is 54.1 Å². The van der Waals surface area contributed by atoms with Crippen LogP contribution in [-0.4, -0.2) is 27.6 Å². The first-order chi connectivity index (χ1) is 32.6. The maximum absolute atomic E-state index is 6.91. The van der Waals surface area contributed by atoms with E-state index < -0.39 is 8.07 Å². The van der Waals surface area contributed by atoms with Crippen LogP contribution >= 0.6 is 0 Å². The topological polar surface area (TPSA) is 56.7 Å². The molecule has 0 amide bonds. The predicted molar refractivity (Wildman–Crippen MR) is 289 cm³/mol. The largest absolute Gasteiger partial charge is 0.501 e. The quantitative estimate of drug-likeness (QED) is 0.0907. The van der Waals surface area contributed by atoms with Crippen LogP contribution in [0.4, 0.5) is 0 Å². The van der Waals surface area contributed by atoms with Crippen LogP contribution < -0.4 is 5.19 Å². The zero-order valence-corrected chi connectivity index (χ0v) is 44.6. The first-order valence-corrected chi connectivity index (χ1v) is 27.4. The summed E-state index contributed by atoms with van der Waals surface area (Å²) in [5.41, 5.74) is 13.9. The van der Waals surface area contributed by atoms with Gasteiger partial charge in [0.25, 0.3) is 0 Å². The molecule has 11 aromatic rings. The Morgan fingerprint density at radius 3 is 1.99 bits per heavy atom. The van der Waals surface area contributed by atoms with Crippen molar-refractivity contribution in [2.75, 3.05) is 0 Å². The summed E-state index contributed by atoms with van der Waals surface area (Å²) in [5.74, 6) is 1.40. The molecule has 0 spiro atoms. The summed E-state index contributed by atoms with van der Waals surface area (Å²) in [6, 6.07) is 60.9. The normalized spacial score (nSPS) is 12.1. The van der Waals surface area contributed by atoms with Crippen molar-refractivity contribution in [3.8, 4) is 39.5 Å². The number of nitrogens with zero attached hydrogens (tertiary/aromatic N) is 4. The molecule has 1 radical (unpaired) electrons. The summed E-state index contributed by atoms with van der Waals surface area (Å²) < 4.78 is 9.30. The minimum absolute atomic E-state index is 0. The van der Waals surface area contributed by atoms with E-state index in [9.17, 15) is 0 Å². The van der Waals surface area contributed by atoms with Gasteiger partial charge >= 0.3 is 0 Å². The first-order valence-electron chi connectivity index (χ1n) is 23.9. The third-order valence-corrected chi connectivity index (χ3v) is 15.2. The standard InChI is InChI=1S/C48H43N2OSi.C14H15N2.Ir/c1-29(2)39-26-34(31-14-9-8-10-15-31)27-40(30(3)4)46(39)50-44-19-12-11-18-43(44)49-48(50)38-17-13-16-37-42-25-33-21-20-32-24-35(52(5,6)7)22-23-36(32)41(33)28-45(42)51-47(37)38;1-14(2,3)13-9-12(15-10-16-13)11-7-5-4-6-8-11;/h8-16,18-30H,1-7H3;4-7,9-10H,1-3H3;/q2*-1;. The third kappa shape index (κ3) is 9.12. The second-order valence-electron chi connectivity index (χ2n) is 20.8. The number of fused-ring (bicyclic) bond motifs is 7. The fourth-order valence-corrected chi connectivity index (χ4v) is 10.6. The fraction of sp³-hybridized carbons (Fsp3) is 0.210. The Morgan fingerprint density at radius 2 is 1.30 bits per heavy atom. The van der Waals surface area contributed by atoms with Crippen molar-refractivity contribution >= 4 is 67.8 Å². The number of benzene rings is 8. The van der Waals surface area contributed by atoms with E-state index in [2.05, 4.69) is 210 Å². The van der Waals surface area contributed by atoms with Crippen LogP contribution in [0.2, 0.25) is 19.6 Å². The van der Waals surface area contributed by atoms with Gasteiger partial charge < -0.3 is 8.98 Å². The van der Waals surface area contributed by atoms with Crippen LogP contribution in [0.3, 0.4) is 0 Å². The predicted octanol–water partition coefficient (Wildman–Crippen LogP) is 16.4. The molecule has 0 bridgehead atoms. The molecule has 11 rings (SSSR count). The van der Waals surface area contributed by atoms with Gasteiger partial charge in [0.1, 0.15) is 11.9 Å². The summed E-state index contributed by atoms with van der Waals surface area (Å²) in [7, 11) is -1.43. The van der Waals surface area contributed by atoms with Gasteiger partial charge in [-0.2, -0.15) is 0 Å². The molecule has 69 heavy (non-hydrogen) atoms. The summed E-state index contributed by atoms with van der Waals surface area (Å²) in [6.07, 6.45) is 1.62. The summed E-state index contributed by atoms with van der Waals surface area (Å²) in [5, 5.41) is 8.63. The Balaban J connectivity index is 0.000000296. The number of para-hydroxylation sites is 2. The van der Waals surface area contributed by atoms with E-state index in [0.717, 1.165) is 61.3 Å². The first kappa shape index (κ1) is 47.6. The van der Waals surface area contributed by atoms with Crippen LogP contribution in [0.5, 0.6) is 0 Å². The molecular formula is C62H58IrN4OSi-2. The number of hydrogen-bond donors (Lipinski definition) is 0. The number of aromatic nitrogens is 4. The molecule has 0 atom stereocenters. The summed E-state index contributed by atoms with van der Waals surface area (Å²) in [6.45, 7) is 22.8. The Labute approximate surface area is 421 Å². The zero-order valence-electron chi connectivity index (χ0n) is 41.2. The zero-order chi connectivity index (χ0) is 47.5. The van der Waals surface area contributed by atoms with E-state index in [1.807, 2.05) is 36.4 Å². The van der Waals surface area contributed by atoms with Crippen molar-refractivity contribution in [2.24, 2.45) is 0 Å². The average Bonchev–Trinajstić information content (AvgIpc) is 3.91. The van der Waals surface area contributed by atoms with E-state index in [4.69, 9.17) is 9.40 Å². The van der Waals surface area contributed by atoms with Crippen LogP contribution in [0.25, 0.3) is 94.0 Å². The third-order valence-electron chi connectivity index (χ3n) is 13.2. The molecule has 0 aliphatic heterocycles. The van der Waals surface area contributed by atoms with Crippen molar-refractivity contribution in [2.45, 2.75) is 85.4 Å². The van der Waals surface area contributed by atoms with Crippen molar-refractivity contribution in [1.29, 1.82) is 0 Å². The van der Waals surface area contributed by atoms with E-state index in [1.165, 1.54) is 54.7 Å². The Morgan fingerprint density at radius 1 is 0.609 bits per heavy atom. The van der Waals surface area contributed by atoms with Gasteiger partial charge in [-0.1, -0.05) is 163 Å². The van der Waals surface area contributed by atoms with Gasteiger partial charge in [0, 0.05) is 42.3 Å². The number of furan rings is 1. The van der Waals surface area contributed by atoms with E-state index in [0.29, 0.717) is 0 Å². The summed E-state index contributed by atoms with van der Waals surface area (Å²) >= 11 is 0. The molecule has 0 aliphatic carbocycles.